The van der Waals surface area contributed by atoms with E-state index >= 15 is 0 Å². The van der Waals surface area contributed by atoms with Gasteiger partial charge >= 0.3 is 5.97 Å². The van der Waals surface area contributed by atoms with Crippen LogP contribution in [0.2, 0.25) is 0 Å². The van der Waals surface area contributed by atoms with Crippen molar-refractivity contribution in [3.63, 3.8) is 0 Å². The van der Waals surface area contributed by atoms with Crippen molar-refractivity contribution in [1.82, 2.24) is 0 Å². The average Bonchev–Trinajstić information content (AvgIpc) is 2.86. The van der Waals surface area contributed by atoms with Crippen molar-refractivity contribution in [3.8, 4) is 0 Å². The third-order valence-corrected chi connectivity index (χ3v) is 4.18. The summed E-state index contributed by atoms with van der Waals surface area (Å²) in [6.07, 6.45) is 0.868. The Morgan fingerprint density at radius 1 is 1.13 bits per heavy atom. The van der Waals surface area contributed by atoms with Crippen LogP contribution in [-0.4, -0.2) is 22.9 Å². The summed E-state index contributed by atoms with van der Waals surface area (Å²) in [6.45, 7) is 2.13. The molecule has 2 aromatic carbocycles. The number of nitrogens with zero attached hydrogens (tertiary/aromatic N) is 1. The van der Waals surface area contributed by atoms with Crippen molar-refractivity contribution < 1.29 is 14.7 Å². The second-order valence-electron chi connectivity index (χ2n) is 6.01. The number of benzene rings is 2. The highest BCUT2D eigenvalue weighted by molar-refractivity contribution is 5.83. The minimum absolute atomic E-state index is 0.110. The Balaban J connectivity index is 1.92. The van der Waals surface area contributed by atoms with Gasteiger partial charge in [-0.05, 0) is 29.7 Å². The Kier molecular flexibility index (Phi) is 4.15. The van der Waals surface area contributed by atoms with E-state index in [-0.39, 0.29) is 5.78 Å². The molecule has 0 saturated carbocycles. The monoisotopic (exact) mass is 309 g/mol. The number of fused-ring (bicyclic) bond motifs is 1. The highest BCUT2D eigenvalue weighted by atomic mass is 16.4. The number of carbonyl (C=O) groups excluding carboxylic acids is 1. The fraction of sp³-hybridized carbons (Fsp3) is 0.263. The van der Waals surface area contributed by atoms with E-state index in [1.807, 2.05) is 53.4 Å². The molecule has 1 aliphatic heterocycles. The van der Waals surface area contributed by atoms with Gasteiger partial charge in [0.15, 0.2) is 0 Å². The smallest absolute Gasteiger partial charge is 0.326 e. The summed E-state index contributed by atoms with van der Waals surface area (Å²) in [7, 11) is 0. The predicted octanol–water partition coefficient (Wildman–Crippen LogP) is 2.83. The van der Waals surface area contributed by atoms with Gasteiger partial charge in [0.2, 0.25) is 0 Å². The number of rotatable bonds is 5. The lowest BCUT2D eigenvalue weighted by Gasteiger charge is -2.25. The Morgan fingerprint density at radius 2 is 1.87 bits per heavy atom. The lowest BCUT2D eigenvalue weighted by Crippen LogP contribution is -2.38. The molecule has 1 N–H and O–H groups in total. The average molecular weight is 309 g/mol. The number of Topliss-reactive ketones (excluding diaryl/α,β-unsaturated/α-hetero) is 1. The molecule has 0 aromatic heterocycles. The Hall–Kier alpha value is -2.62. The molecule has 23 heavy (non-hydrogen) atoms. The molecule has 118 valence electrons. The van der Waals surface area contributed by atoms with E-state index in [0.717, 1.165) is 22.4 Å². The minimum Gasteiger partial charge on any atom is -0.480 e. The minimum atomic E-state index is -0.815. The number of carboxylic acids is 1. The topological polar surface area (TPSA) is 57.6 Å². The van der Waals surface area contributed by atoms with Crippen LogP contribution in [-0.2, 0) is 29.0 Å². The summed E-state index contributed by atoms with van der Waals surface area (Å²) in [5.41, 5.74) is 3.99. The van der Waals surface area contributed by atoms with Gasteiger partial charge in [0.25, 0.3) is 0 Å². The number of hydrogen-bond donors (Lipinski definition) is 1. The standard InChI is InChI=1S/C19H19NO3/c1-13(21)9-15-7-8-17-16(10-15)11-18(19(22)23)20(17)12-14-5-3-2-4-6-14/h2-8,10,18H,9,11-12H2,1H3,(H,22,23). The number of carboxylic acid groups (broad SMARTS) is 1. The van der Waals surface area contributed by atoms with Crippen LogP contribution in [0.25, 0.3) is 0 Å². The van der Waals surface area contributed by atoms with Crippen molar-refractivity contribution in [2.24, 2.45) is 0 Å². The zero-order chi connectivity index (χ0) is 16.4. The van der Waals surface area contributed by atoms with Crippen molar-refractivity contribution in [2.75, 3.05) is 4.90 Å². The maximum absolute atomic E-state index is 11.6. The molecule has 0 amide bonds. The van der Waals surface area contributed by atoms with Gasteiger partial charge in [0.05, 0.1) is 0 Å². The first-order chi connectivity index (χ1) is 11.0. The maximum atomic E-state index is 11.6. The summed E-state index contributed by atoms with van der Waals surface area (Å²) in [5, 5.41) is 9.55. The fourth-order valence-corrected chi connectivity index (χ4v) is 3.16. The summed E-state index contributed by atoms with van der Waals surface area (Å²) in [6, 6.07) is 15.1. The first-order valence-corrected chi connectivity index (χ1v) is 7.69. The van der Waals surface area contributed by atoms with E-state index in [0.29, 0.717) is 19.4 Å². The number of ketones is 1. The first kappa shape index (κ1) is 15.3. The van der Waals surface area contributed by atoms with Crippen molar-refractivity contribution in [2.45, 2.75) is 32.4 Å². The van der Waals surface area contributed by atoms with Crippen LogP contribution in [0.3, 0.4) is 0 Å². The number of carbonyl (C=O) groups is 2. The molecule has 0 radical (unpaired) electrons. The highest BCUT2D eigenvalue weighted by Gasteiger charge is 2.34. The van der Waals surface area contributed by atoms with Crippen LogP contribution >= 0.6 is 0 Å². The molecule has 3 rings (SSSR count). The molecular formula is C19H19NO3. The molecule has 4 nitrogen and oxygen atoms in total. The first-order valence-electron chi connectivity index (χ1n) is 7.69. The second kappa shape index (κ2) is 6.24. The fourth-order valence-electron chi connectivity index (χ4n) is 3.16. The molecule has 1 aliphatic rings. The lowest BCUT2D eigenvalue weighted by atomic mass is 10.0. The molecule has 0 spiro atoms. The number of aliphatic carboxylic acids is 1. The van der Waals surface area contributed by atoms with Gasteiger partial charge in [-0.25, -0.2) is 4.79 Å². The van der Waals surface area contributed by atoms with Crippen molar-refractivity contribution >= 4 is 17.4 Å². The van der Waals surface area contributed by atoms with Crippen molar-refractivity contribution in [1.29, 1.82) is 0 Å². The van der Waals surface area contributed by atoms with Gasteiger partial charge in [-0.1, -0.05) is 42.5 Å². The SMILES string of the molecule is CC(=O)Cc1ccc2c(c1)CC(C(=O)O)N2Cc1ccccc1. The molecule has 0 aliphatic carbocycles. The summed E-state index contributed by atoms with van der Waals surface area (Å²) >= 11 is 0. The van der Waals surface area contributed by atoms with E-state index in [4.69, 9.17) is 0 Å². The molecule has 1 atom stereocenters. The molecule has 4 heteroatoms. The maximum Gasteiger partial charge on any atom is 0.326 e. The van der Waals surface area contributed by atoms with Gasteiger partial charge in [-0.15, -0.1) is 0 Å². The lowest BCUT2D eigenvalue weighted by molar-refractivity contribution is -0.138. The van der Waals surface area contributed by atoms with Crippen LogP contribution in [0, 0.1) is 0 Å². The zero-order valence-electron chi connectivity index (χ0n) is 13.0. The summed E-state index contributed by atoms with van der Waals surface area (Å²) < 4.78 is 0. The van der Waals surface area contributed by atoms with E-state index in [1.54, 1.807) is 6.92 Å². The summed E-state index contributed by atoms with van der Waals surface area (Å²) in [4.78, 5) is 24.9. The van der Waals surface area contributed by atoms with Crippen LogP contribution in [0.5, 0.6) is 0 Å². The van der Waals surface area contributed by atoms with Crippen LogP contribution in [0.4, 0.5) is 5.69 Å². The molecule has 1 heterocycles. The van der Waals surface area contributed by atoms with Gasteiger partial charge in [0, 0.05) is 25.1 Å². The molecule has 0 bridgehead atoms. The Bertz CT molecular complexity index is 740. The largest absolute Gasteiger partial charge is 0.480 e. The summed E-state index contributed by atoms with van der Waals surface area (Å²) in [5.74, 6) is -0.705. The molecule has 1 unspecified atom stereocenters. The van der Waals surface area contributed by atoms with Crippen LogP contribution in [0.1, 0.15) is 23.6 Å². The number of anilines is 1. The Labute approximate surface area is 135 Å². The third-order valence-electron chi connectivity index (χ3n) is 4.18. The molecular weight excluding hydrogens is 290 g/mol. The quantitative estimate of drug-likeness (QED) is 0.922. The number of hydrogen-bond acceptors (Lipinski definition) is 3. The van der Waals surface area contributed by atoms with E-state index in [1.165, 1.54) is 0 Å². The van der Waals surface area contributed by atoms with E-state index < -0.39 is 12.0 Å². The van der Waals surface area contributed by atoms with Gasteiger partial charge < -0.3 is 10.0 Å². The van der Waals surface area contributed by atoms with Gasteiger partial charge in [-0.3, -0.25) is 4.79 Å². The van der Waals surface area contributed by atoms with Crippen LogP contribution < -0.4 is 4.90 Å². The normalized spacial score (nSPS) is 16.2. The van der Waals surface area contributed by atoms with Gasteiger partial charge in [-0.2, -0.15) is 0 Å². The Morgan fingerprint density at radius 3 is 2.52 bits per heavy atom. The highest BCUT2D eigenvalue weighted by Crippen LogP contribution is 2.34. The second-order valence-corrected chi connectivity index (χ2v) is 6.01. The van der Waals surface area contributed by atoms with E-state index in [2.05, 4.69) is 0 Å². The van der Waals surface area contributed by atoms with Crippen LogP contribution in [0.15, 0.2) is 48.5 Å². The molecule has 2 aromatic rings. The molecule has 0 saturated heterocycles. The zero-order valence-corrected chi connectivity index (χ0v) is 13.0. The van der Waals surface area contributed by atoms with Gasteiger partial charge in [0.1, 0.15) is 11.8 Å². The van der Waals surface area contributed by atoms with Crippen molar-refractivity contribution in [3.05, 3.63) is 65.2 Å². The molecule has 0 fully saturated rings. The van der Waals surface area contributed by atoms with E-state index in [9.17, 15) is 14.7 Å². The third kappa shape index (κ3) is 3.26. The predicted molar refractivity (Wildman–Crippen MR) is 88.6 cm³/mol.